The van der Waals surface area contributed by atoms with E-state index in [0.29, 0.717) is 18.0 Å². The first kappa shape index (κ1) is 18.4. The zero-order valence-corrected chi connectivity index (χ0v) is 13.5. The molecule has 0 saturated carbocycles. The molecule has 122 valence electrons. The number of esters is 1. The minimum absolute atomic E-state index is 0.114. The van der Waals surface area contributed by atoms with Crippen LogP contribution < -0.4 is 15.4 Å². The summed E-state index contributed by atoms with van der Waals surface area (Å²) in [6.07, 6.45) is 3.74. The topological polar surface area (TPSA) is 76.7 Å². The van der Waals surface area contributed by atoms with Crippen LogP contribution in [0.4, 0.5) is 5.69 Å². The van der Waals surface area contributed by atoms with Crippen molar-refractivity contribution in [3.63, 3.8) is 0 Å². The third-order valence-corrected chi connectivity index (χ3v) is 2.58. The summed E-state index contributed by atoms with van der Waals surface area (Å²) >= 11 is 5.01. The number of hydrogen-bond donors (Lipinski definition) is 2. The highest BCUT2D eigenvalue weighted by molar-refractivity contribution is 7.80. The van der Waals surface area contributed by atoms with Crippen LogP contribution >= 0.6 is 12.2 Å². The summed E-state index contributed by atoms with van der Waals surface area (Å²) in [5.41, 5.74) is 0.690. The highest BCUT2D eigenvalue weighted by Crippen LogP contribution is 2.15. The predicted octanol–water partition coefficient (Wildman–Crippen LogP) is 2.18. The van der Waals surface area contributed by atoms with E-state index in [1.165, 1.54) is 0 Å². The normalized spacial score (nSPS) is 9.96. The highest BCUT2D eigenvalue weighted by atomic mass is 32.1. The largest absolute Gasteiger partial charge is 0.490 e. The molecule has 1 aromatic carbocycles. The Morgan fingerprint density at radius 2 is 1.96 bits per heavy atom. The smallest absolute Gasteiger partial charge is 0.330 e. The Balaban J connectivity index is 2.45. The van der Waals surface area contributed by atoms with Crippen LogP contribution in [-0.2, 0) is 14.3 Å². The van der Waals surface area contributed by atoms with Crippen LogP contribution in [-0.4, -0.2) is 30.2 Å². The van der Waals surface area contributed by atoms with Crippen molar-refractivity contribution in [1.82, 2.24) is 5.32 Å². The molecule has 0 radical (unpaired) electrons. The fourth-order valence-corrected chi connectivity index (χ4v) is 1.66. The van der Waals surface area contributed by atoms with Crippen molar-refractivity contribution in [1.29, 1.82) is 0 Å². The Morgan fingerprint density at radius 1 is 1.26 bits per heavy atom. The monoisotopic (exact) mass is 334 g/mol. The maximum Gasteiger partial charge on any atom is 0.330 e. The van der Waals surface area contributed by atoms with Gasteiger partial charge in [-0.2, -0.15) is 0 Å². The number of hydrogen-bond acceptors (Lipinski definition) is 5. The van der Waals surface area contributed by atoms with Gasteiger partial charge in [-0.3, -0.25) is 10.1 Å². The Hall–Kier alpha value is -2.67. The molecule has 2 N–H and O–H groups in total. The second kappa shape index (κ2) is 10.1. The van der Waals surface area contributed by atoms with Crippen LogP contribution in [0.5, 0.6) is 5.75 Å². The van der Waals surface area contributed by atoms with Crippen molar-refractivity contribution in [2.45, 2.75) is 6.92 Å². The van der Waals surface area contributed by atoms with Crippen LogP contribution in [0.2, 0.25) is 0 Å². The Morgan fingerprint density at radius 3 is 2.57 bits per heavy atom. The van der Waals surface area contributed by atoms with E-state index in [9.17, 15) is 9.59 Å². The first-order valence-electron chi connectivity index (χ1n) is 6.85. The number of thiocarbonyl (C=S) groups is 1. The number of amides is 1. The van der Waals surface area contributed by atoms with Gasteiger partial charge in [-0.25, -0.2) is 4.79 Å². The van der Waals surface area contributed by atoms with E-state index in [0.717, 1.165) is 12.2 Å². The van der Waals surface area contributed by atoms with Crippen LogP contribution in [0.1, 0.15) is 6.92 Å². The Labute approximate surface area is 140 Å². The fourth-order valence-electron chi connectivity index (χ4n) is 1.44. The number of ether oxygens (including phenoxy) is 2. The van der Waals surface area contributed by atoms with E-state index in [1.54, 1.807) is 37.3 Å². The lowest BCUT2D eigenvalue weighted by Gasteiger charge is -2.09. The summed E-state index contributed by atoms with van der Waals surface area (Å²) in [7, 11) is 0. The molecule has 0 aliphatic rings. The van der Waals surface area contributed by atoms with Crippen molar-refractivity contribution in [2.24, 2.45) is 0 Å². The van der Waals surface area contributed by atoms with Crippen molar-refractivity contribution in [3.8, 4) is 5.75 Å². The van der Waals surface area contributed by atoms with Crippen LogP contribution in [0.25, 0.3) is 0 Å². The number of nitrogens with one attached hydrogen (secondary N) is 2. The maximum atomic E-state index is 11.6. The molecule has 1 amide bonds. The highest BCUT2D eigenvalue weighted by Gasteiger charge is 2.03. The van der Waals surface area contributed by atoms with Crippen LogP contribution in [0.3, 0.4) is 0 Å². The maximum absolute atomic E-state index is 11.6. The van der Waals surface area contributed by atoms with Gasteiger partial charge in [0, 0.05) is 17.8 Å². The van der Waals surface area contributed by atoms with Gasteiger partial charge in [0.25, 0.3) is 0 Å². The molecular formula is C16H18N2O4S. The molecule has 0 heterocycles. The summed E-state index contributed by atoms with van der Waals surface area (Å²) in [5.74, 6) is -0.416. The second-order valence-corrected chi connectivity index (χ2v) is 4.56. The SMILES string of the molecule is C=CCOc1ccc(NC(=S)NC(=O)C=CC(=O)OCC)cc1. The van der Waals surface area contributed by atoms with Crippen molar-refractivity contribution in [2.75, 3.05) is 18.5 Å². The molecule has 0 spiro atoms. The van der Waals surface area contributed by atoms with Gasteiger partial charge >= 0.3 is 5.97 Å². The summed E-state index contributed by atoms with van der Waals surface area (Å²) in [6.45, 7) is 5.92. The molecular weight excluding hydrogens is 316 g/mol. The number of benzene rings is 1. The standard InChI is InChI=1S/C16H18N2O4S/c1-3-11-22-13-7-5-12(6-8-13)17-16(23)18-14(19)9-10-15(20)21-4-2/h3,5-10H,1,4,11H2,2H3,(H2,17,18,19,23). The fraction of sp³-hybridized carbons (Fsp3) is 0.188. The third kappa shape index (κ3) is 7.77. The molecule has 0 unspecified atom stereocenters. The van der Waals surface area contributed by atoms with Gasteiger partial charge in [-0.15, -0.1) is 0 Å². The first-order chi connectivity index (χ1) is 11.0. The lowest BCUT2D eigenvalue weighted by molar-refractivity contribution is -0.137. The first-order valence-corrected chi connectivity index (χ1v) is 7.26. The molecule has 0 aromatic heterocycles. The van der Waals surface area contributed by atoms with Crippen molar-refractivity contribution < 1.29 is 19.1 Å². The van der Waals surface area contributed by atoms with E-state index >= 15 is 0 Å². The molecule has 7 heteroatoms. The van der Waals surface area contributed by atoms with Gasteiger partial charge in [-0.1, -0.05) is 12.7 Å². The van der Waals surface area contributed by atoms with Crippen molar-refractivity contribution in [3.05, 3.63) is 49.1 Å². The quantitative estimate of drug-likeness (QED) is 0.344. The number of carbonyl (C=O) groups excluding carboxylic acids is 2. The molecule has 1 rings (SSSR count). The van der Waals surface area contributed by atoms with Gasteiger partial charge in [0.1, 0.15) is 12.4 Å². The predicted molar refractivity (Wildman–Crippen MR) is 92.3 cm³/mol. The number of rotatable bonds is 7. The number of anilines is 1. The van der Waals surface area contributed by atoms with E-state index in [-0.39, 0.29) is 11.7 Å². The minimum Gasteiger partial charge on any atom is -0.490 e. The summed E-state index contributed by atoms with van der Waals surface area (Å²) < 4.78 is 10.0. The Kier molecular flexibility index (Phi) is 8.09. The van der Waals surface area contributed by atoms with E-state index < -0.39 is 11.9 Å². The average molecular weight is 334 g/mol. The van der Waals surface area contributed by atoms with Gasteiger partial charge in [0.05, 0.1) is 6.61 Å². The van der Waals surface area contributed by atoms with Gasteiger partial charge < -0.3 is 14.8 Å². The molecule has 6 nitrogen and oxygen atoms in total. The summed E-state index contributed by atoms with van der Waals surface area (Å²) in [4.78, 5) is 22.6. The van der Waals surface area contributed by atoms with E-state index in [1.807, 2.05) is 0 Å². The van der Waals surface area contributed by atoms with Crippen LogP contribution in [0, 0.1) is 0 Å². The number of carbonyl (C=O) groups is 2. The van der Waals surface area contributed by atoms with Gasteiger partial charge in [-0.05, 0) is 43.4 Å². The van der Waals surface area contributed by atoms with Gasteiger partial charge in [0.2, 0.25) is 5.91 Å². The lowest BCUT2D eigenvalue weighted by atomic mass is 10.3. The van der Waals surface area contributed by atoms with Gasteiger partial charge in [0.15, 0.2) is 5.11 Å². The Bertz CT molecular complexity index is 597. The average Bonchev–Trinajstić information content (AvgIpc) is 2.52. The molecule has 0 bridgehead atoms. The van der Waals surface area contributed by atoms with Crippen LogP contribution in [0.15, 0.2) is 49.1 Å². The molecule has 23 heavy (non-hydrogen) atoms. The summed E-state index contributed by atoms with van der Waals surface area (Å²) in [5, 5.41) is 5.37. The van der Waals surface area contributed by atoms with Crippen molar-refractivity contribution >= 4 is 34.9 Å². The second-order valence-electron chi connectivity index (χ2n) is 4.15. The lowest BCUT2D eigenvalue weighted by Crippen LogP contribution is -2.32. The van der Waals surface area contributed by atoms with E-state index in [2.05, 4.69) is 21.9 Å². The third-order valence-electron chi connectivity index (χ3n) is 2.37. The molecule has 0 aliphatic heterocycles. The zero-order chi connectivity index (χ0) is 17.1. The minimum atomic E-state index is -0.586. The molecule has 0 fully saturated rings. The molecule has 0 aliphatic carbocycles. The molecule has 0 atom stereocenters. The van der Waals surface area contributed by atoms with E-state index in [4.69, 9.17) is 17.0 Å². The zero-order valence-electron chi connectivity index (χ0n) is 12.7. The molecule has 1 aromatic rings. The molecule has 0 saturated heterocycles. The summed E-state index contributed by atoms with van der Waals surface area (Å²) in [6, 6.07) is 7.03.